The fourth-order valence-corrected chi connectivity index (χ4v) is 3.06. The van der Waals surface area contributed by atoms with E-state index in [0.717, 1.165) is 22.5 Å². The SMILES string of the molecule is Cc1ccc(NC(=O)CS[C@@H](C)C(=O)NCc2ccc(N(C)C)cc2)cc1. The summed E-state index contributed by atoms with van der Waals surface area (Å²) >= 11 is 1.33. The van der Waals surface area contributed by atoms with E-state index in [1.54, 1.807) is 0 Å². The van der Waals surface area contributed by atoms with Crippen molar-refractivity contribution in [2.75, 3.05) is 30.1 Å². The number of hydrogen-bond acceptors (Lipinski definition) is 4. The lowest BCUT2D eigenvalue weighted by Crippen LogP contribution is -2.31. The summed E-state index contributed by atoms with van der Waals surface area (Å²) in [5.41, 5.74) is 4.07. The molecule has 2 aromatic rings. The summed E-state index contributed by atoms with van der Waals surface area (Å²) < 4.78 is 0. The van der Waals surface area contributed by atoms with Gasteiger partial charge in [0.1, 0.15) is 0 Å². The largest absolute Gasteiger partial charge is 0.378 e. The second-order valence-electron chi connectivity index (χ2n) is 6.65. The number of aryl methyl sites for hydroxylation is 1. The Morgan fingerprint density at radius 2 is 1.67 bits per heavy atom. The molecular weight excluding hydrogens is 358 g/mol. The number of nitrogens with zero attached hydrogens (tertiary/aromatic N) is 1. The van der Waals surface area contributed by atoms with Crippen molar-refractivity contribution in [2.24, 2.45) is 0 Å². The zero-order valence-corrected chi connectivity index (χ0v) is 17.1. The van der Waals surface area contributed by atoms with Crippen LogP contribution in [0, 0.1) is 6.92 Å². The number of carbonyl (C=O) groups excluding carboxylic acids is 2. The van der Waals surface area contributed by atoms with Crippen LogP contribution in [-0.2, 0) is 16.1 Å². The third kappa shape index (κ3) is 6.98. The summed E-state index contributed by atoms with van der Waals surface area (Å²) in [6.45, 7) is 4.29. The zero-order valence-electron chi connectivity index (χ0n) is 16.3. The summed E-state index contributed by atoms with van der Waals surface area (Å²) in [6, 6.07) is 15.7. The van der Waals surface area contributed by atoms with Crippen LogP contribution in [0.5, 0.6) is 0 Å². The molecule has 0 unspecified atom stereocenters. The second kappa shape index (κ2) is 10.0. The number of hydrogen-bond donors (Lipinski definition) is 2. The molecule has 0 heterocycles. The van der Waals surface area contributed by atoms with Crippen LogP contribution >= 0.6 is 11.8 Å². The van der Waals surface area contributed by atoms with Crippen molar-refractivity contribution in [1.82, 2.24) is 5.32 Å². The number of rotatable bonds is 8. The summed E-state index contributed by atoms with van der Waals surface area (Å²) in [4.78, 5) is 26.3. The highest BCUT2D eigenvalue weighted by Gasteiger charge is 2.15. The van der Waals surface area contributed by atoms with Crippen LogP contribution < -0.4 is 15.5 Å². The van der Waals surface area contributed by atoms with Crippen molar-refractivity contribution in [1.29, 1.82) is 0 Å². The Morgan fingerprint density at radius 1 is 1.04 bits per heavy atom. The summed E-state index contributed by atoms with van der Waals surface area (Å²) in [5, 5.41) is 5.47. The predicted molar refractivity (Wildman–Crippen MR) is 114 cm³/mol. The molecule has 27 heavy (non-hydrogen) atoms. The van der Waals surface area contributed by atoms with Crippen LogP contribution in [0.1, 0.15) is 18.1 Å². The molecule has 0 aliphatic carbocycles. The van der Waals surface area contributed by atoms with Crippen molar-refractivity contribution in [3.63, 3.8) is 0 Å². The van der Waals surface area contributed by atoms with Crippen molar-refractivity contribution in [2.45, 2.75) is 25.6 Å². The first kappa shape index (κ1) is 20.8. The molecule has 0 radical (unpaired) electrons. The lowest BCUT2D eigenvalue weighted by Gasteiger charge is -2.14. The third-order valence-electron chi connectivity index (χ3n) is 4.09. The molecule has 2 rings (SSSR count). The fourth-order valence-electron chi connectivity index (χ4n) is 2.36. The lowest BCUT2D eigenvalue weighted by atomic mass is 10.2. The van der Waals surface area contributed by atoms with Gasteiger partial charge >= 0.3 is 0 Å². The van der Waals surface area contributed by atoms with E-state index in [1.807, 2.05) is 81.4 Å². The number of amides is 2. The normalized spacial score (nSPS) is 11.6. The summed E-state index contributed by atoms with van der Waals surface area (Å²) in [5.74, 6) is 0.0580. The van der Waals surface area contributed by atoms with Gasteiger partial charge in [-0.15, -0.1) is 11.8 Å². The van der Waals surface area contributed by atoms with Gasteiger partial charge in [-0.05, 0) is 43.7 Å². The maximum Gasteiger partial charge on any atom is 0.234 e. The van der Waals surface area contributed by atoms with Crippen molar-refractivity contribution >= 4 is 35.0 Å². The molecule has 2 N–H and O–H groups in total. The van der Waals surface area contributed by atoms with Crippen molar-refractivity contribution < 1.29 is 9.59 Å². The van der Waals surface area contributed by atoms with Crippen LogP contribution in [0.3, 0.4) is 0 Å². The molecule has 0 saturated heterocycles. The van der Waals surface area contributed by atoms with Crippen LogP contribution in [0.25, 0.3) is 0 Å². The Morgan fingerprint density at radius 3 is 2.26 bits per heavy atom. The van der Waals surface area contributed by atoms with E-state index in [-0.39, 0.29) is 22.8 Å². The van der Waals surface area contributed by atoms with Gasteiger partial charge in [0.25, 0.3) is 0 Å². The molecule has 0 aliphatic rings. The topological polar surface area (TPSA) is 61.4 Å². The van der Waals surface area contributed by atoms with Gasteiger partial charge in [-0.2, -0.15) is 0 Å². The molecule has 0 fully saturated rings. The molecule has 5 nitrogen and oxygen atoms in total. The molecule has 1 atom stereocenters. The molecule has 0 spiro atoms. The van der Waals surface area contributed by atoms with Gasteiger partial charge < -0.3 is 15.5 Å². The highest BCUT2D eigenvalue weighted by Crippen LogP contribution is 2.15. The Hall–Kier alpha value is -2.47. The van der Waals surface area contributed by atoms with E-state index in [9.17, 15) is 9.59 Å². The molecule has 0 bridgehead atoms. The van der Waals surface area contributed by atoms with E-state index >= 15 is 0 Å². The Labute approximate surface area is 165 Å². The average Bonchev–Trinajstić information content (AvgIpc) is 2.66. The van der Waals surface area contributed by atoms with Gasteiger partial charge in [-0.25, -0.2) is 0 Å². The molecule has 0 aliphatic heterocycles. The van der Waals surface area contributed by atoms with Gasteiger partial charge in [0.15, 0.2) is 0 Å². The average molecular weight is 386 g/mol. The number of carbonyl (C=O) groups is 2. The van der Waals surface area contributed by atoms with Gasteiger partial charge in [0.05, 0.1) is 11.0 Å². The first-order chi connectivity index (χ1) is 12.8. The first-order valence-electron chi connectivity index (χ1n) is 8.87. The Kier molecular flexibility index (Phi) is 7.73. The Balaban J connectivity index is 1.73. The molecule has 0 aromatic heterocycles. The van der Waals surface area contributed by atoms with Crippen LogP contribution in [0.4, 0.5) is 11.4 Å². The number of anilines is 2. The number of thioether (sulfide) groups is 1. The monoisotopic (exact) mass is 385 g/mol. The van der Waals surface area contributed by atoms with E-state index in [2.05, 4.69) is 10.6 Å². The van der Waals surface area contributed by atoms with E-state index in [0.29, 0.717) is 6.54 Å². The predicted octanol–water partition coefficient (Wildman–Crippen LogP) is 3.44. The number of benzene rings is 2. The van der Waals surface area contributed by atoms with Gasteiger partial charge in [-0.3, -0.25) is 9.59 Å². The summed E-state index contributed by atoms with van der Waals surface area (Å²) in [7, 11) is 3.98. The highest BCUT2D eigenvalue weighted by molar-refractivity contribution is 8.01. The molecule has 6 heteroatoms. The fraction of sp³-hybridized carbons (Fsp3) is 0.333. The second-order valence-corrected chi connectivity index (χ2v) is 7.98. The maximum absolute atomic E-state index is 12.2. The van der Waals surface area contributed by atoms with Crippen molar-refractivity contribution in [3.8, 4) is 0 Å². The quantitative estimate of drug-likeness (QED) is 0.731. The van der Waals surface area contributed by atoms with E-state index < -0.39 is 0 Å². The van der Waals surface area contributed by atoms with Crippen LogP contribution in [-0.4, -0.2) is 36.9 Å². The third-order valence-corrected chi connectivity index (χ3v) is 5.23. The maximum atomic E-state index is 12.2. The molecule has 2 amide bonds. The molecule has 144 valence electrons. The van der Waals surface area contributed by atoms with Gasteiger partial charge in [0, 0.05) is 32.0 Å². The van der Waals surface area contributed by atoms with E-state index in [1.165, 1.54) is 11.8 Å². The minimum atomic E-state index is -0.296. The highest BCUT2D eigenvalue weighted by atomic mass is 32.2. The van der Waals surface area contributed by atoms with Gasteiger partial charge in [-0.1, -0.05) is 29.8 Å². The minimum Gasteiger partial charge on any atom is -0.378 e. The van der Waals surface area contributed by atoms with Crippen LogP contribution in [0.2, 0.25) is 0 Å². The summed E-state index contributed by atoms with van der Waals surface area (Å²) in [6.07, 6.45) is 0. The smallest absolute Gasteiger partial charge is 0.234 e. The molecular formula is C21H27N3O2S. The zero-order chi connectivity index (χ0) is 19.8. The number of nitrogens with one attached hydrogen (secondary N) is 2. The van der Waals surface area contributed by atoms with Gasteiger partial charge in [0.2, 0.25) is 11.8 Å². The minimum absolute atomic E-state index is 0.0696. The van der Waals surface area contributed by atoms with E-state index in [4.69, 9.17) is 0 Å². The standard InChI is InChI=1S/C21H27N3O2S/c1-15-5-9-18(10-6-15)23-20(25)14-27-16(2)21(26)22-13-17-7-11-19(12-8-17)24(3)4/h5-12,16H,13-14H2,1-4H3,(H,22,26)(H,23,25)/t16-/m0/s1. The van der Waals surface area contributed by atoms with Crippen LogP contribution in [0.15, 0.2) is 48.5 Å². The lowest BCUT2D eigenvalue weighted by molar-refractivity contribution is -0.120. The first-order valence-corrected chi connectivity index (χ1v) is 9.92. The Bertz CT molecular complexity index is 758. The molecule has 2 aromatic carbocycles. The molecule has 0 saturated carbocycles. The van der Waals surface area contributed by atoms with Crippen molar-refractivity contribution in [3.05, 3.63) is 59.7 Å².